The van der Waals surface area contributed by atoms with Crippen LogP contribution in [0.1, 0.15) is 24.0 Å². The molecule has 5 nitrogen and oxygen atoms in total. The van der Waals surface area contributed by atoms with Crippen molar-refractivity contribution in [1.29, 1.82) is 5.26 Å². The lowest BCUT2D eigenvalue weighted by atomic mass is 10.2. The number of amides is 1. The monoisotopic (exact) mass is 370 g/mol. The van der Waals surface area contributed by atoms with Crippen LogP contribution in [-0.4, -0.2) is 25.6 Å². The average molecular weight is 371 g/mol. The fraction of sp³-hybridized carbons (Fsp3) is 0.300. The summed E-state index contributed by atoms with van der Waals surface area (Å²) < 4.78 is 5.19. The van der Waals surface area contributed by atoms with Gasteiger partial charge in [0.1, 0.15) is 18.4 Å². The van der Waals surface area contributed by atoms with Crippen LogP contribution in [0, 0.1) is 11.3 Å². The number of nitrogens with one attached hydrogen (secondary N) is 2. The summed E-state index contributed by atoms with van der Waals surface area (Å²) >= 11 is 6.02. The van der Waals surface area contributed by atoms with E-state index in [9.17, 15) is 4.79 Å². The van der Waals surface area contributed by atoms with E-state index in [0.717, 1.165) is 25.1 Å². The SMILES string of the molecule is COc1ccc(C[NH+](CC(=O)Nc2ccc(C#N)c(Cl)c2)C2CC2)cc1. The van der Waals surface area contributed by atoms with Crippen molar-refractivity contribution in [1.82, 2.24) is 0 Å². The number of anilines is 1. The van der Waals surface area contributed by atoms with Crippen LogP contribution in [0.4, 0.5) is 5.69 Å². The highest BCUT2D eigenvalue weighted by atomic mass is 35.5. The molecule has 0 aromatic heterocycles. The van der Waals surface area contributed by atoms with Crippen molar-refractivity contribution in [3.63, 3.8) is 0 Å². The van der Waals surface area contributed by atoms with Crippen molar-refractivity contribution in [2.24, 2.45) is 0 Å². The lowest BCUT2D eigenvalue weighted by Gasteiger charge is -2.19. The maximum absolute atomic E-state index is 12.5. The molecule has 1 saturated carbocycles. The van der Waals surface area contributed by atoms with Gasteiger partial charge in [0.2, 0.25) is 0 Å². The molecule has 2 aromatic carbocycles. The maximum atomic E-state index is 12.5. The molecule has 1 amide bonds. The summed E-state index contributed by atoms with van der Waals surface area (Å²) in [7, 11) is 1.65. The van der Waals surface area contributed by atoms with Gasteiger partial charge in [-0.05, 0) is 42.5 Å². The van der Waals surface area contributed by atoms with Crippen molar-refractivity contribution in [2.75, 3.05) is 19.0 Å². The predicted molar refractivity (Wildman–Crippen MR) is 100 cm³/mol. The molecule has 1 aliphatic carbocycles. The van der Waals surface area contributed by atoms with E-state index < -0.39 is 0 Å². The number of ether oxygens (including phenoxy) is 1. The minimum absolute atomic E-state index is 0.0545. The molecule has 1 aliphatic rings. The Morgan fingerprint density at radius 2 is 2.04 bits per heavy atom. The third-order valence-corrected chi connectivity index (χ3v) is 4.82. The van der Waals surface area contributed by atoms with E-state index in [-0.39, 0.29) is 5.91 Å². The number of benzene rings is 2. The number of rotatable bonds is 7. The molecule has 0 aliphatic heterocycles. The number of hydrogen-bond donors (Lipinski definition) is 2. The second kappa shape index (κ2) is 8.22. The minimum Gasteiger partial charge on any atom is -0.497 e. The van der Waals surface area contributed by atoms with E-state index >= 15 is 0 Å². The maximum Gasteiger partial charge on any atom is 0.279 e. The second-order valence-corrected chi connectivity index (χ2v) is 6.90. The molecule has 1 unspecified atom stereocenters. The molecule has 1 fully saturated rings. The van der Waals surface area contributed by atoms with E-state index in [1.165, 1.54) is 10.5 Å². The lowest BCUT2D eigenvalue weighted by Crippen LogP contribution is -3.13. The first-order valence-corrected chi connectivity index (χ1v) is 8.94. The summed E-state index contributed by atoms with van der Waals surface area (Å²) in [5.74, 6) is 0.776. The molecule has 0 saturated heterocycles. The number of halogens is 1. The van der Waals surface area contributed by atoms with Gasteiger partial charge in [-0.15, -0.1) is 0 Å². The van der Waals surface area contributed by atoms with Crippen LogP contribution in [0.2, 0.25) is 5.02 Å². The molecule has 134 valence electrons. The Morgan fingerprint density at radius 3 is 2.62 bits per heavy atom. The standard InChI is InChI=1S/C20H20ClN3O2/c1-26-18-8-2-14(3-9-18)12-24(17-6-7-17)13-20(25)23-16-5-4-15(11-22)19(21)10-16/h2-5,8-10,17H,6-7,12-13H2,1H3,(H,23,25)/p+1. The number of nitriles is 1. The van der Waals surface area contributed by atoms with Gasteiger partial charge in [0, 0.05) is 24.1 Å². The molecule has 1 atom stereocenters. The summed E-state index contributed by atoms with van der Waals surface area (Å²) in [5, 5.41) is 12.1. The van der Waals surface area contributed by atoms with Gasteiger partial charge in [-0.25, -0.2) is 0 Å². The summed E-state index contributed by atoms with van der Waals surface area (Å²) in [6.07, 6.45) is 2.31. The Morgan fingerprint density at radius 1 is 1.31 bits per heavy atom. The highest BCUT2D eigenvalue weighted by Gasteiger charge is 2.34. The summed E-state index contributed by atoms with van der Waals surface area (Å²) in [4.78, 5) is 13.7. The molecule has 26 heavy (non-hydrogen) atoms. The van der Waals surface area contributed by atoms with Gasteiger partial charge in [0.15, 0.2) is 6.54 Å². The third-order valence-electron chi connectivity index (χ3n) is 4.51. The Hall–Kier alpha value is -2.55. The minimum atomic E-state index is -0.0545. The zero-order chi connectivity index (χ0) is 18.5. The van der Waals surface area contributed by atoms with Gasteiger partial charge in [-0.1, -0.05) is 11.6 Å². The Bertz CT molecular complexity index is 826. The van der Waals surface area contributed by atoms with E-state index in [4.69, 9.17) is 21.6 Å². The first-order valence-electron chi connectivity index (χ1n) is 8.56. The van der Waals surface area contributed by atoms with Crippen molar-refractivity contribution >= 4 is 23.2 Å². The predicted octanol–water partition coefficient (Wildman–Crippen LogP) is 2.41. The van der Waals surface area contributed by atoms with Gasteiger partial charge < -0.3 is 15.0 Å². The molecule has 0 spiro atoms. The molecule has 2 N–H and O–H groups in total. The third kappa shape index (κ3) is 4.75. The number of methoxy groups -OCH3 is 1. The number of nitrogens with zero attached hydrogens (tertiary/aromatic N) is 1. The molecular formula is C20H21ClN3O2+. The highest BCUT2D eigenvalue weighted by molar-refractivity contribution is 6.32. The Labute approximate surface area is 158 Å². The van der Waals surface area contributed by atoms with Crippen LogP contribution in [0.15, 0.2) is 42.5 Å². The molecule has 6 heteroatoms. The van der Waals surface area contributed by atoms with Crippen LogP contribution < -0.4 is 15.0 Å². The van der Waals surface area contributed by atoms with Crippen LogP contribution >= 0.6 is 11.6 Å². The fourth-order valence-corrected chi connectivity index (χ4v) is 3.17. The summed E-state index contributed by atoms with van der Waals surface area (Å²) in [5.41, 5.74) is 2.19. The summed E-state index contributed by atoms with van der Waals surface area (Å²) in [6, 6.07) is 15.4. The van der Waals surface area contributed by atoms with Gasteiger partial charge >= 0.3 is 0 Å². The fourth-order valence-electron chi connectivity index (χ4n) is 2.94. The first-order chi connectivity index (χ1) is 12.6. The quantitative estimate of drug-likeness (QED) is 0.786. The lowest BCUT2D eigenvalue weighted by molar-refractivity contribution is -0.916. The Balaban J connectivity index is 1.61. The highest BCUT2D eigenvalue weighted by Crippen LogP contribution is 2.20. The van der Waals surface area contributed by atoms with Crippen molar-refractivity contribution in [3.8, 4) is 11.8 Å². The second-order valence-electron chi connectivity index (χ2n) is 6.49. The van der Waals surface area contributed by atoms with Crippen LogP contribution in [0.25, 0.3) is 0 Å². The van der Waals surface area contributed by atoms with Crippen molar-refractivity contribution in [3.05, 3.63) is 58.6 Å². The number of carbonyl (C=O) groups excluding carboxylic acids is 1. The van der Waals surface area contributed by atoms with Crippen molar-refractivity contribution in [2.45, 2.75) is 25.4 Å². The van der Waals surface area contributed by atoms with Gasteiger partial charge in [0.25, 0.3) is 5.91 Å². The van der Waals surface area contributed by atoms with Gasteiger partial charge in [0.05, 0.1) is 23.7 Å². The van der Waals surface area contributed by atoms with E-state index in [1.54, 1.807) is 25.3 Å². The number of carbonyl (C=O) groups is 1. The Kier molecular flexibility index (Phi) is 5.77. The molecule has 3 rings (SSSR count). The van der Waals surface area contributed by atoms with Gasteiger partial charge in [-0.2, -0.15) is 5.26 Å². The van der Waals surface area contributed by atoms with E-state index in [2.05, 4.69) is 5.32 Å². The smallest absolute Gasteiger partial charge is 0.279 e. The average Bonchev–Trinajstić information content (AvgIpc) is 3.47. The van der Waals surface area contributed by atoms with E-state index in [1.807, 2.05) is 30.3 Å². The normalized spacial score (nSPS) is 14.3. The van der Waals surface area contributed by atoms with E-state index in [0.29, 0.717) is 28.9 Å². The molecular weight excluding hydrogens is 350 g/mol. The van der Waals surface area contributed by atoms with Crippen LogP contribution in [0.3, 0.4) is 0 Å². The first kappa shape index (κ1) is 18.2. The zero-order valence-corrected chi connectivity index (χ0v) is 15.3. The summed E-state index contributed by atoms with van der Waals surface area (Å²) in [6.45, 7) is 1.20. The number of hydrogen-bond acceptors (Lipinski definition) is 3. The zero-order valence-electron chi connectivity index (χ0n) is 14.6. The molecule has 0 heterocycles. The molecule has 0 radical (unpaired) electrons. The largest absolute Gasteiger partial charge is 0.497 e. The van der Waals surface area contributed by atoms with Gasteiger partial charge in [-0.3, -0.25) is 4.79 Å². The molecule has 0 bridgehead atoms. The van der Waals surface area contributed by atoms with Crippen LogP contribution in [-0.2, 0) is 11.3 Å². The number of quaternary nitrogens is 1. The topological polar surface area (TPSA) is 66.6 Å². The molecule has 2 aromatic rings. The van der Waals surface area contributed by atoms with Crippen LogP contribution in [0.5, 0.6) is 5.75 Å². The van der Waals surface area contributed by atoms with Crippen molar-refractivity contribution < 1.29 is 14.4 Å².